The summed E-state index contributed by atoms with van der Waals surface area (Å²) in [5, 5.41) is 15.3. The van der Waals surface area contributed by atoms with Crippen LogP contribution in [0.3, 0.4) is 0 Å². The largest absolute Gasteiger partial charge is 0.387 e. The molecule has 0 fully saturated rings. The highest BCUT2D eigenvalue weighted by atomic mass is 32.2. The Morgan fingerprint density at radius 2 is 2.13 bits per heavy atom. The highest BCUT2D eigenvalue weighted by Gasteiger charge is 2.22. The average Bonchev–Trinajstić information content (AvgIpc) is 2.45. The van der Waals surface area contributed by atoms with E-state index < -0.39 is 29.3 Å². The van der Waals surface area contributed by atoms with Crippen LogP contribution in [0.25, 0.3) is 0 Å². The molecule has 3 N–H and O–H groups in total. The first-order valence-electron chi connectivity index (χ1n) is 7.49. The molecule has 0 aliphatic heterocycles. The summed E-state index contributed by atoms with van der Waals surface area (Å²) in [6.07, 6.45) is 3.12. The molecule has 1 aromatic rings. The zero-order chi connectivity index (χ0) is 17.5. The molecule has 0 radical (unpaired) electrons. The number of thioether (sulfide) groups is 1. The number of nitrogens with one attached hydrogen (secondary N) is 2. The summed E-state index contributed by atoms with van der Waals surface area (Å²) in [7, 11) is 0. The molecule has 23 heavy (non-hydrogen) atoms. The molecule has 0 aromatic heterocycles. The lowest BCUT2D eigenvalue weighted by Gasteiger charge is -2.24. The molecular formula is C16H24F2N2O2S. The molecule has 2 unspecified atom stereocenters. The van der Waals surface area contributed by atoms with Crippen LogP contribution in [-0.4, -0.2) is 35.3 Å². The van der Waals surface area contributed by atoms with E-state index in [2.05, 4.69) is 10.6 Å². The van der Waals surface area contributed by atoms with Gasteiger partial charge in [-0.1, -0.05) is 19.4 Å². The second-order valence-corrected chi connectivity index (χ2v) is 6.63. The summed E-state index contributed by atoms with van der Waals surface area (Å²) in [5.74, 6) is -0.852. The van der Waals surface area contributed by atoms with Gasteiger partial charge in [-0.25, -0.2) is 13.6 Å². The Morgan fingerprint density at radius 1 is 1.43 bits per heavy atom. The van der Waals surface area contributed by atoms with Gasteiger partial charge in [-0.15, -0.1) is 0 Å². The molecule has 1 aromatic carbocycles. The Morgan fingerprint density at radius 3 is 2.70 bits per heavy atom. The van der Waals surface area contributed by atoms with E-state index in [0.29, 0.717) is 12.2 Å². The zero-order valence-corrected chi connectivity index (χ0v) is 14.5. The lowest BCUT2D eigenvalue weighted by molar-refractivity contribution is 0.0867. The Kier molecular flexibility index (Phi) is 7.78. The minimum Gasteiger partial charge on any atom is -0.387 e. The molecule has 0 aliphatic carbocycles. The predicted molar refractivity (Wildman–Crippen MR) is 89.5 cm³/mol. The maximum atomic E-state index is 13.9. The number of rotatable bonds is 8. The van der Waals surface area contributed by atoms with Gasteiger partial charge in [-0.3, -0.25) is 0 Å². The summed E-state index contributed by atoms with van der Waals surface area (Å²) in [6, 6.07) is 2.28. The van der Waals surface area contributed by atoms with Crippen LogP contribution in [0.2, 0.25) is 0 Å². The Bertz CT molecular complexity index is 527. The number of aliphatic hydroxyl groups is 1. The van der Waals surface area contributed by atoms with Gasteiger partial charge in [0.2, 0.25) is 0 Å². The maximum absolute atomic E-state index is 13.9. The number of benzene rings is 1. The Labute approximate surface area is 140 Å². The molecule has 0 bridgehead atoms. The summed E-state index contributed by atoms with van der Waals surface area (Å²) < 4.78 is 26.9. The van der Waals surface area contributed by atoms with Gasteiger partial charge >= 0.3 is 6.03 Å². The fraction of sp³-hybridized carbons (Fsp3) is 0.562. The van der Waals surface area contributed by atoms with E-state index in [1.165, 1.54) is 23.9 Å². The molecule has 4 nitrogen and oxygen atoms in total. The van der Waals surface area contributed by atoms with Crippen molar-refractivity contribution in [2.45, 2.75) is 38.3 Å². The maximum Gasteiger partial charge on any atom is 0.315 e. The van der Waals surface area contributed by atoms with Gasteiger partial charge in [0.05, 0.1) is 11.6 Å². The quantitative estimate of drug-likeness (QED) is 0.677. The highest BCUT2D eigenvalue weighted by molar-refractivity contribution is 7.98. The first-order chi connectivity index (χ1) is 10.8. The van der Waals surface area contributed by atoms with Gasteiger partial charge in [-0.05, 0) is 25.7 Å². The first-order valence-corrected chi connectivity index (χ1v) is 8.89. The lowest BCUT2D eigenvalue weighted by Crippen LogP contribution is -2.47. The molecule has 0 heterocycles. The van der Waals surface area contributed by atoms with Gasteiger partial charge in [0.25, 0.3) is 0 Å². The van der Waals surface area contributed by atoms with E-state index in [1.807, 2.05) is 13.2 Å². The average molecular weight is 346 g/mol. The van der Waals surface area contributed by atoms with Crippen molar-refractivity contribution in [1.82, 2.24) is 10.6 Å². The van der Waals surface area contributed by atoms with Crippen molar-refractivity contribution in [3.8, 4) is 0 Å². The third-order valence-electron chi connectivity index (χ3n) is 3.31. The van der Waals surface area contributed by atoms with E-state index in [-0.39, 0.29) is 12.1 Å². The topological polar surface area (TPSA) is 61.4 Å². The number of halogens is 2. The molecule has 0 aliphatic rings. The molecule has 7 heteroatoms. The smallest absolute Gasteiger partial charge is 0.315 e. The van der Waals surface area contributed by atoms with Gasteiger partial charge in [0.1, 0.15) is 11.6 Å². The minimum atomic E-state index is -1.02. The van der Waals surface area contributed by atoms with Crippen LogP contribution in [-0.2, 0) is 0 Å². The van der Waals surface area contributed by atoms with E-state index in [9.17, 15) is 18.7 Å². The van der Waals surface area contributed by atoms with E-state index in [0.717, 1.165) is 12.5 Å². The number of hydrogen-bond acceptors (Lipinski definition) is 3. The number of urea groups is 1. The van der Waals surface area contributed by atoms with Crippen LogP contribution in [0, 0.1) is 11.6 Å². The summed E-state index contributed by atoms with van der Waals surface area (Å²) >= 11 is 1.48. The minimum absolute atomic E-state index is 0.0877. The van der Waals surface area contributed by atoms with E-state index in [4.69, 9.17) is 0 Å². The van der Waals surface area contributed by atoms with E-state index in [1.54, 1.807) is 6.92 Å². The zero-order valence-electron chi connectivity index (χ0n) is 13.7. The SMILES string of the molecule is CCCC(NC(=O)NCC(C)(O)CSC)c1ccc(F)cc1F. The summed E-state index contributed by atoms with van der Waals surface area (Å²) in [4.78, 5) is 12.0. The highest BCUT2D eigenvalue weighted by Crippen LogP contribution is 2.22. The Hall–Kier alpha value is -1.34. The Balaban J connectivity index is 2.70. The molecule has 1 rings (SSSR count). The second kappa shape index (κ2) is 9.08. The van der Waals surface area contributed by atoms with Crippen molar-refractivity contribution in [2.75, 3.05) is 18.6 Å². The molecule has 0 saturated carbocycles. The number of carbonyl (C=O) groups is 1. The monoisotopic (exact) mass is 346 g/mol. The van der Waals surface area contributed by atoms with Crippen LogP contribution >= 0.6 is 11.8 Å². The fourth-order valence-electron chi connectivity index (χ4n) is 2.22. The molecule has 2 atom stereocenters. The van der Waals surface area contributed by atoms with Gasteiger partial charge in [0.15, 0.2) is 0 Å². The van der Waals surface area contributed by atoms with Crippen LogP contribution in [0.4, 0.5) is 13.6 Å². The number of carbonyl (C=O) groups excluding carboxylic acids is 1. The van der Waals surface area contributed by atoms with Crippen molar-refractivity contribution in [1.29, 1.82) is 0 Å². The van der Waals surface area contributed by atoms with Crippen molar-refractivity contribution in [3.05, 3.63) is 35.4 Å². The second-order valence-electron chi connectivity index (χ2n) is 5.76. The molecule has 130 valence electrons. The molecule has 0 saturated heterocycles. The third kappa shape index (κ3) is 6.74. The van der Waals surface area contributed by atoms with Crippen molar-refractivity contribution >= 4 is 17.8 Å². The van der Waals surface area contributed by atoms with Gasteiger partial charge in [0, 0.05) is 23.9 Å². The normalized spacial score (nSPS) is 14.9. The fourth-order valence-corrected chi connectivity index (χ4v) is 2.94. The van der Waals surface area contributed by atoms with Crippen LogP contribution in [0.1, 0.15) is 38.3 Å². The van der Waals surface area contributed by atoms with Crippen LogP contribution in [0.5, 0.6) is 0 Å². The first kappa shape index (κ1) is 19.7. The molecule has 0 spiro atoms. The van der Waals surface area contributed by atoms with Gasteiger partial charge < -0.3 is 15.7 Å². The van der Waals surface area contributed by atoms with Crippen LogP contribution in [0.15, 0.2) is 18.2 Å². The van der Waals surface area contributed by atoms with Crippen molar-refractivity contribution < 1.29 is 18.7 Å². The third-order valence-corrected chi connectivity index (χ3v) is 4.22. The van der Waals surface area contributed by atoms with Crippen molar-refractivity contribution in [2.24, 2.45) is 0 Å². The number of amides is 2. The predicted octanol–water partition coefficient (Wildman–Crippen LogP) is 3.22. The van der Waals surface area contributed by atoms with Crippen molar-refractivity contribution in [3.63, 3.8) is 0 Å². The van der Waals surface area contributed by atoms with Crippen LogP contribution < -0.4 is 10.6 Å². The lowest BCUT2D eigenvalue weighted by atomic mass is 10.0. The number of hydrogen-bond donors (Lipinski definition) is 3. The van der Waals surface area contributed by atoms with Gasteiger partial charge in [-0.2, -0.15) is 11.8 Å². The van der Waals surface area contributed by atoms with E-state index >= 15 is 0 Å². The summed E-state index contributed by atoms with van der Waals surface area (Å²) in [6.45, 7) is 3.63. The molecule has 2 amide bonds. The summed E-state index contributed by atoms with van der Waals surface area (Å²) in [5.41, 5.74) is -0.766. The molecular weight excluding hydrogens is 322 g/mol. The standard InChI is InChI=1S/C16H24F2N2O2S/c1-4-5-14(12-7-6-11(17)8-13(12)18)20-15(21)19-9-16(2,22)10-23-3/h6-8,14,22H,4-5,9-10H2,1-3H3,(H2,19,20,21).